The van der Waals surface area contributed by atoms with Crippen molar-refractivity contribution in [3.05, 3.63) is 72.8 Å². The van der Waals surface area contributed by atoms with E-state index in [0.29, 0.717) is 6.04 Å². The summed E-state index contributed by atoms with van der Waals surface area (Å²) >= 11 is 0. The molecule has 3 aromatic rings. The minimum atomic E-state index is 0.343. The van der Waals surface area contributed by atoms with Gasteiger partial charge in [-0.15, -0.1) is 0 Å². The molecule has 1 aromatic heterocycles. The molecule has 4 rings (SSSR count). The molecule has 26 heavy (non-hydrogen) atoms. The smallest absolute Gasteiger partial charge is 0.0951 e. The van der Waals surface area contributed by atoms with Crippen molar-refractivity contribution in [3.8, 4) is 11.1 Å². The number of imidazole rings is 1. The molecule has 0 aliphatic carbocycles. The first kappa shape index (κ1) is 16.9. The van der Waals surface area contributed by atoms with Crippen molar-refractivity contribution in [1.29, 1.82) is 0 Å². The Morgan fingerprint density at radius 3 is 2.19 bits per heavy atom. The Hall–Kier alpha value is -2.59. The van der Waals surface area contributed by atoms with Crippen molar-refractivity contribution in [2.24, 2.45) is 0 Å². The normalized spacial score (nSPS) is 15.8. The van der Waals surface area contributed by atoms with Crippen LogP contribution in [0.15, 0.2) is 67.3 Å². The third-order valence-corrected chi connectivity index (χ3v) is 5.14. The van der Waals surface area contributed by atoms with Crippen molar-refractivity contribution in [2.45, 2.75) is 19.4 Å². The third kappa shape index (κ3) is 3.51. The van der Waals surface area contributed by atoms with Crippen LogP contribution in [0.4, 0.5) is 5.69 Å². The van der Waals surface area contributed by atoms with Gasteiger partial charge in [0, 0.05) is 31.2 Å². The van der Waals surface area contributed by atoms with Gasteiger partial charge in [0.15, 0.2) is 0 Å². The van der Waals surface area contributed by atoms with Crippen LogP contribution < -0.4 is 4.90 Å². The summed E-state index contributed by atoms with van der Waals surface area (Å²) in [6, 6.07) is 18.1. The molecule has 1 aliphatic rings. The van der Waals surface area contributed by atoms with Gasteiger partial charge in [0.1, 0.15) is 0 Å². The first-order chi connectivity index (χ1) is 12.8. The lowest BCUT2D eigenvalue weighted by Gasteiger charge is -2.28. The number of nitrogens with zero attached hydrogens (tertiary/aromatic N) is 3. The Labute approximate surface area is 155 Å². The zero-order chi connectivity index (χ0) is 17.8. The largest absolute Gasteiger partial charge is 0.378 e. The molecule has 4 nitrogen and oxygen atoms in total. The molecule has 2 aromatic carbocycles. The molecule has 1 atom stereocenters. The number of benzene rings is 2. The molecule has 0 bridgehead atoms. The third-order valence-electron chi connectivity index (χ3n) is 5.14. The maximum atomic E-state index is 5.43. The van der Waals surface area contributed by atoms with Gasteiger partial charge in [-0.25, -0.2) is 4.98 Å². The zero-order valence-corrected chi connectivity index (χ0v) is 15.2. The number of anilines is 1. The van der Waals surface area contributed by atoms with Crippen LogP contribution in [0.1, 0.15) is 24.9 Å². The molecule has 0 saturated carbocycles. The predicted molar refractivity (Wildman–Crippen MR) is 106 cm³/mol. The van der Waals surface area contributed by atoms with Gasteiger partial charge < -0.3 is 14.2 Å². The Bertz CT molecular complexity index is 804. The topological polar surface area (TPSA) is 30.3 Å². The molecule has 0 amide bonds. The fraction of sp³-hybridized carbons (Fsp3) is 0.318. The van der Waals surface area contributed by atoms with Crippen LogP contribution in [-0.2, 0) is 4.74 Å². The fourth-order valence-electron chi connectivity index (χ4n) is 3.66. The molecule has 0 radical (unpaired) electrons. The number of hydrogen-bond acceptors (Lipinski definition) is 3. The molecule has 1 saturated heterocycles. The molecule has 0 N–H and O–H groups in total. The molecule has 4 heteroatoms. The summed E-state index contributed by atoms with van der Waals surface area (Å²) in [6.07, 6.45) is 6.82. The van der Waals surface area contributed by atoms with E-state index in [2.05, 4.69) is 69.9 Å². The SMILES string of the molecule is CCC(c1ccc(-c2ccc(N3CCOCC3)cc2)cc1)n1ccnc1. The lowest BCUT2D eigenvalue weighted by molar-refractivity contribution is 0.122. The highest BCUT2D eigenvalue weighted by molar-refractivity contribution is 5.66. The number of aromatic nitrogens is 2. The minimum absolute atomic E-state index is 0.343. The lowest BCUT2D eigenvalue weighted by Crippen LogP contribution is -2.36. The van der Waals surface area contributed by atoms with E-state index in [-0.39, 0.29) is 0 Å². The maximum Gasteiger partial charge on any atom is 0.0951 e. The summed E-state index contributed by atoms with van der Waals surface area (Å²) in [4.78, 5) is 6.56. The van der Waals surface area contributed by atoms with Gasteiger partial charge in [0.25, 0.3) is 0 Å². The van der Waals surface area contributed by atoms with E-state index in [1.165, 1.54) is 22.4 Å². The van der Waals surface area contributed by atoms with E-state index < -0.39 is 0 Å². The Morgan fingerprint density at radius 2 is 1.62 bits per heavy atom. The molecule has 1 aliphatic heterocycles. The molecular weight excluding hydrogens is 322 g/mol. The Morgan fingerprint density at radius 1 is 0.962 bits per heavy atom. The van der Waals surface area contributed by atoms with Crippen LogP contribution in [0, 0.1) is 0 Å². The van der Waals surface area contributed by atoms with Gasteiger partial charge >= 0.3 is 0 Å². The maximum absolute atomic E-state index is 5.43. The summed E-state index contributed by atoms with van der Waals surface area (Å²) in [6.45, 7) is 5.79. The van der Waals surface area contributed by atoms with Crippen molar-refractivity contribution in [2.75, 3.05) is 31.2 Å². The number of ether oxygens (including phenoxy) is 1. The highest BCUT2D eigenvalue weighted by Crippen LogP contribution is 2.27. The summed E-state index contributed by atoms with van der Waals surface area (Å²) < 4.78 is 7.61. The van der Waals surface area contributed by atoms with Crippen molar-refractivity contribution in [1.82, 2.24) is 9.55 Å². The molecule has 0 spiro atoms. The van der Waals surface area contributed by atoms with Gasteiger partial charge in [0.05, 0.1) is 25.6 Å². The van der Waals surface area contributed by atoms with E-state index in [1.54, 1.807) is 0 Å². The summed E-state index contributed by atoms with van der Waals surface area (Å²) in [5, 5.41) is 0. The first-order valence-electron chi connectivity index (χ1n) is 9.35. The summed E-state index contributed by atoms with van der Waals surface area (Å²) in [5.74, 6) is 0. The fourth-order valence-corrected chi connectivity index (χ4v) is 3.66. The minimum Gasteiger partial charge on any atom is -0.378 e. The highest BCUT2D eigenvalue weighted by atomic mass is 16.5. The zero-order valence-electron chi connectivity index (χ0n) is 15.2. The van der Waals surface area contributed by atoms with Crippen molar-refractivity contribution >= 4 is 5.69 Å². The second-order valence-electron chi connectivity index (χ2n) is 6.70. The van der Waals surface area contributed by atoms with E-state index in [0.717, 1.165) is 32.7 Å². The van der Waals surface area contributed by atoms with E-state index in [9.17, 15) is 0 Å². The van der Waals surface area contributed by atoms with Crippen LogP contribution in [0.2, 0.25) is 0 Å². The first-order valence-corrected chi connectivity index (χ1v) is 9.35. The van der Waals surface area contributed by atoms with Gasteiger partial charge in [-0.05, 0) is 35.2 Å². The van der Waals surface area contributed by atoms with Crippen LogP contribution in [0.25, 0.3) is 11.1 Å². The van der Waals surface area contributed by atoms with Crippen molar-refractivity contribution < 1.29 is 4.74 Å². The Kier molecular flexibility index (Phi) is 5.02. The quantitative estimate of drug-likeness (QED) is 0.686. The average Bonchev–Trinajstić information content (AvgIpc) is 3.24. The second kappa shape index (κ2) is 7.75. The number of hydrogen-bond donors (Lipinski definition) is 0. The molecule has 134 valence electrons. The van der Waals surface area contributed by atoms with Crippen LogP contribution in [-0.4, -0.2) is 35.9 Å². The summed E-state index contributed by atoms with van der Waals surface area (Å²) in [7, 11) is 0. The van der Waals surface area contributed by atoms with Crippen LogP contribution >= 0.6 is 0 Å². The average molecular weight is 347 g/mol. The number of rotatable bonds is 5. The number of morpholine rings is 1. The van der Waals surface area contributed by atoms with Crippen LogP contribution in [0.3, 0.4) is 0 Å². The lowest BCUT2D eigenvalue weighted by atomic mass is 9.99. The standard InChI is InChI=1S/C22H25N3O/c1-2-22(25-12-11-23-17-25)20-5-3-18(4-6-20)19-7-9-21(10-8-19)24-13-15-26-16-14-24/h3-12,17,22H,2,13-16H2,1H3. The molecular formula is C22H25N3O. The highest BCUT2D eigenvalue weighted by Gasteiger charge is 2.12. The van der Waals surface area contributed by atoms with E-state index >= 15 is 0 Å². The summed E-state index contributed by atoms with van der Waals surface area (Å²) in [5.41, 5.74) is 5.10. The Balaban J connectivity index is 1.51. The van der Waals surface area contributed by atoms with Gasteiger partial charge in [0.2, 0.25) is 0 Å². The van der Waals surface area contributed by atoms with Crippen LogP contribution in [0.5, 0.6) is 0 Å². The van der Waals surface area contributed by atoms with Gasteiger partial charge in [-0.1, -0.05) is 43.3 Å². The van der Waals surface area contributed by atoms with Crippen molar-refractivity contribution in [3.63, 3.8) is 0 Å². The van der Waals surface area contributed by atoms with Gasteiger partial charge in [-0.2, -0.15) is 0 Å². The molecule has 1 fully saturated rings. The second-order valence-corrected chi connectivity index (χ2v) is 6.70. The van der Waals surface area contributed by atoms with Gasteiger partial charge in [-0.3, -0.25) is 0 Å². The van der Waals surface area contributed by atoms with E-state index in [1.807, 2.05) is 18.7 Å². The van der Waals surface area contributed by atoms with E-state index in [4.69, 9.17) is 4.74 Å². The molecule has 2 heterocycles. The monoisotopic (exact) mass is 347 g/mol. The molecule has 1 unspecified atom stereocenters. The predicted octanol–water partition coefficient (Wildman–Crippen LogP) is 4.39.